The van der Waals surface area contributed by atoms with Crippen LogP contribution in [-0.2, 0) is 38.2 Å². The number of nitrogens with two attached hydrogens (primary N) is 1. The Labute approximate surface area is 323 Å². The minimum absolute atomic E-state index is 0.0416. The molecule has 0 bridgehead atoms. The first-order chi connectivity index (χ1) is 24.7. The highest BCUT2D eigenvalue weighted by molar-refractivity contribution is 5.89. The van der Waals surface area contributed by atoms with Crippen LogP contribution in [0.4, 0.5) is 0 Å². The molecule has 0 rings (SSSR count). The Morgan fingerprint density at radius 2 is 1.26 bits per heavy atom. The van der Waals surface area contributed by atoms with E-state index >= 15 is 0 Å². The van der Waals surface area contributed by atoms with Crippen molar-refractivity contribution < 1.29 is 48.5 Å². The zero-order valence-corrected chi connectivity index (χ0v) is 34.9. The molecule has 314 valence electrons. The average molecular weight is 772 g/mol. The molecule has 0 saturated heterocycles. The summed E-state index contributed by atoms with van der Waals surface area (Å²) < 4.78 is 12.0. The minimum Gasteiger partial charge on any atom is -0.481 e. The molecule has 0 spiro atoms. The summed E-state index contributed by atoms with van der Waals surface area (Å²) in [5.74, 6) is -4.36. The van der Waals surface area contributed by atoms with Gasteiger partial charge in [-0.2, -0.15) is 0 Å². The highest BCUT2D eigenvalue weighted by Gasteiger charge is 2.34. The van der Waals surface area contributed by atoms with E-state index in [1.165, 1.54) is 6.92 Å². The number of carboxylic acid groups (broad SMARTS) is 2. The van der Waals surface area contributed by atoms with E-state index in [2.05, 4.69) is 42.0 Å². The Balaban J connectivity index is 4.45. The first-order valence-corrected chi connectivity index (χ1v) is 19.4. The Kier molecular flexibility index (Phi) is 22.3. The van der Waals surface area contributed by atoms with Crippen molar-refractivity contribution in [3.8, 4) is 0 Å². The van der Waals surface area contributed by atoms with Crippen LogP contribution in [0.5, 0.6) is 0 Å². The Hall–Kier alpha value is -3.14. The van der Waals surface area contributed by atoms with Crippen LogP contribution in [0.25, 0.3) is 0 Å². The van der Waals surface area contributed by atoms with Crippen LogP contribution >= 0.6 is 0 Å². The molecule has 0 saturated carbocycles. The van der Waals surface area contributed by atoms with Gasteiger partial charge in [0.2, 0.25) is 17.7 Å². The number of nitrogens with one attached hydrogen (secondary N) is 4. The summed E-state index contributed by atoms with van der Waals surface area (Å²) in [7, 11) is 0. The van der Waals surface area contributed by atoms with E-state index in [9.17, 15) is 33.9 Å². The fourth-order valence-corrected chi connectivity index (χ4v) is 5.37. The second-order valence-corrected chi connectivity index (χ2v) is 17.2. The summed E-state index contributed by atoms with van der Waals surface area (Å²) >= 11 is 0. The van der Waals surface area contributed by atoms with E-state index in [1.54, 1.807) is 0 Å². The lowest BCUT2D eigenvalue weighted by Crippen LogP contribution is -2.51. The molecule has 0 radical (unpaired) electrons. The summed E-state index contributed by atoms with van der Waals surface area (Å²) in [6, 6.07) is -2.78. The molecule has 3 amide bonds. The molecule has 0 aromatic heterocycles. The molecule has 15 heteroatoms. The molecule has 0 fully saturated rings. The largest absolute Gasteiger partial charge is 0.481 e. The maximum Gasteiger partial charge on any atom is 0.326 e. The third-order valence-electron chi connectivity index (χ3n) is 9.42. The number of aliphatic carboxylic acids is 2. The number of rotatable bonds is 29. The van der Waals surface area contributed by atoms with Gasteiger partial charge in [0.25, 0.3) is 0 Å². The Morgan fingerprint density at radius 3 is 1.81 bits per heavy atom. The van der Waals surface area contributed by atoms with Gasteiger partial charge in [-0.15, -0.1) is 0 Å². The predicted molar refractivity (Wildman–Crippen MR) is 208 cm³/mol. The van der Waals surface area contributed by atoms with Crippen molar-refractivity contribution in [3.05, 3.63) is 0 Å². The van der Waals surface area contributed by atoms with Crippen molar-refractivity contribution in [2.75, 3.05) is 26.3 Å². The van der Waals surface area contributed by atoms with Gasteiger partial charge in [0.05, 0.1) is 42.4 Å². The molecular weight excluding hydrogens is 698 g/mol. The van der Waals surface area contributed by atoms with Gasteiger partial charge < -0.3 is 46.7 Å². The summed E-state index contributed by atoms with van der Waals surface area (Å²) in [6.07, 6.45) is 4.03. The first kappa shape index (κ1) is 50.9. The topological polar surface area (TPSA) is 235 Å². The van der Waals surface area contributed by atoms with Gasteiger partial charge >= 0.3 is 11.9 Å². The highest BCUT2D eigenvalue weighted by atomic mass is 16.5. The molecule has 54 heavy (non-hydrogen) atoms. The Morgan fingerprint density at radius 1 is 0.704 bits per heavy atom. The molecule has 0 aromatic carbocycles. The van der Waals surface area contributed by atoms with Crippen LogP contribution in [0.15, 0.2) is 0 Å². The van der Waals surface area contributed by atoms with Crippen molar-refractivity contribution in [2.24, 2.45) is 17.1 Å². The Bertz CT molecular complexity index is 1210. The summed E-state index contributed by atoms with van der Waals surface area (Å²) in [5, 5.41) is 29.9. The molecule has 0 aliphatic heterocycles. The van der Waals surface area contributed by atoms with E-state index in [1.807, 2.05) is 48.5 Å². The second kappa shape index (κ2) is 23.7. The van der Waals surface area contributed by atoms with Gasteiger partial charge in [-0.1, -0.05) is 27.7 Å². The van der Waals surface area contributed by atoms with Crippen LogP contribution in [0.2, 0.25) is 0 Å². The zero-order valence-electron chi connectivity index (χ0n) is 34.9. The third-order valence-corrected chi connectivity index (χ3v) is 9.42. The molecular formula is C39H73N5O10. The second-order valence-electron chi connectivity index (χ2n) is 17.2. The van der Waals surface area contributed by atoms with Gasteiger partial charge in [-0.25, -0.2) is 4.79 Å². The van der Waals surface area contributed by atoms with Crippen LogP contribution in [0, 0.1) is 11.3 Å². The average Bonchev–Trinajstić information content (AvgIpc) is 3.05. The van der Waals surface area contributed by atoms with Crippen molar-refractivity contribution >= 4 is 35.4 Å². The fourth-order valence-electron chi connectivity index (χ4n) is 5.37. The number of hydrogen-bond donors (Lipinski definition) is 7. The molecule has 0 aliphatic rings. The van der Waals surface area contributed by atoms with Crippen molar-refractivity contribution in [2.45, 2.75) is 175 Å². The molecule has 2 unspecified atom stereocenters. The monoisotopic (exact) mass is 772 g/mol. The molecule has 0 aliphatic carbocycles. The number of carboxylic acids is 2. The number of ketones is 1. The quantitative estimate of drug-likeness (QED) is 0.0540. The van der Waals surface area contributed by atoms with E-state index < -0.39 is 53.0 Å². The number of carbonyl (C=O) groups is 6. The maximum atomic E-state index is 13.2. The summed E-state index contributed by atoms with van der Waals surface area (Å²) in [6.45, 7) is 22.6. The molecule has 15 nitrogen and oxygen atoms in total. The smallest absolute Gasteiger partial charge is 0.326 e. The lowest BCUT2D eigenvalue weighted by molar-refractivity contribution is -0.144. The van der Waals surface area contributed by atoms with Crippen molar-refractivity contribution in [1.82, 2.24) is 21.3 Å². The van der Waals surface area contributed by atoms with E-state index in [4.69, 9.17) is 20.3 Å². The van der Waals surface area contributed by atoms with E-state index in [0.717, 1.165) is 25.7 Å². The van der Waals surface area contributed by atoms with Gasteiger partial charge in [-0.3, -0.25) is 24.0 Å². The molecule has 4 atom stereocenters. The third kappa shape index (κ3) is 22.9. The fraction of sp³-hybridized carbons (Fsp3) is 0.846. The zero-order chi connectivity index (χ0) is 41.9. The summed E-state index contributed by atoms with van der Waals surface area (Å²) in [5.41, 5.74) is 4.06. The lowest BCUT2D eigenvalue weighted by Gasteiger charge is -2.33. The van der Waals surface area contributed by atoms with Crippen LogP contribution in [0.1, 0.15) is 140 Å². The number of hydrogen-bond acceptors (Lipinski definition) is 10. The number of carbonyl (C=O) groups excluding carboxylic acids is 4. The minimum atomic E-state index is -1.36. The summed E-state index contributed by atoms with van der Waals surface area (Å²) in [4.78, 5) is 72.9. The van der Waals surface area contributed by atoms with Gasteiger partial charge in [-0.05, 0) is 99.8 Å². The van der Waals surface area contributed by atoms with Crippen molar-refractivity contribution in [3.63, 3.8) is 0 Å². The molecule has 8 N–H and O–H groups in total. The van der Waals surface area contributed by atoms with Crippen LogP contribution in [-0.4, -0.2) is 107 Å². The van der Waals surface area contributed by atoms with Crippen LogP contribution < -0.4 is 27.0 Å². The molecule has 0 heterocycles. The number of unbranched alkanes of at least 4 members (excludes halogenated alkanes) is 1. The maximum absolute atomic E-state index is 13.2. The van der Waals surface area contributed by atoms with Crippen LogP contribution in [0.3, 0.4) is 0 Å². The van der Waals surface area contributed by atoms with Crippen molar-refractivity contribution in [1.29, 1.82) is 0 Å². The number of Topliss-reactive ketones (excluding diaryl/α,β-unsaturated/α-hetero) is 1. The number of ether oxygens (including phenoxy) is 2. The van der Waals surface area contributed by atoms with Gasteiger partial charge in [0, 0.05) is 36.9 Å². The lowest BCUT2D eigenvalue weighted by atomic mass is 9.80. The number of amides is 3. The van der Waals surface area contributed by atoms with Gasteiger partial charge in [0.15, 0.2) is 5.78 Å². The SMILES string of the molecule is CCC(C)(C)C(=O)[C@@H](CCCCNC(=O)CCC(C)(C)OCCC(C)(C)OCCNC(=O)CC[C@H](NC(=O)C(N)CC(C)C(=O)O)C(=O)O)NC(C)(C)C. The van der Waals surface area contributed by atoms with Gasteiger partial charge in [0.1, 0.15) is 6.04 Å². The first-order valence-electron chi connectivity index (χ1n) is 19.4. The highest BCUT2D eigenvalue weighted by Crippen LogP contribution is 2.25. The normalized spacial score (nSPS) is 14.7. The predicted octanol–water partition coefficient (Wildman–Crippen LogP) is 3.70. The van der Waals surface area contributed by atoms with E-state index in [0.29, 0.717) is 32.4 Å². The van der Waals surface area contributed by atoms with E-state index in [-0.39, 0.29) is 61.1 Å². The standard InChI is InChI=1S/C39H73N5O10/c1-12-37(6,7)32(47)28(44-36(3,4)5)15-13-14-21-41-31(46)18-19-38(8,9)53-23-20-39(10,11)54-24-22-42-30(45)17-16-29(35(51)52)43-33(48)27(40)25-26(2)34(49)50/h26-29,44H,12-25,40H2,1-11H3,(H,41,46)(H,42,45)(H,43,48)(H,49,50)(H,51,52)/t26?,27?,28-,29+/m1/s1. The molecule has 0 aromatic rings.